The van der Waals surface area contributed by atoms with Crippen molar-refractivity contribution < 1.29 is 0 Å². The third kappa shape index (κ3) is 6.83. The van der Waals surface area contributed by atoms with Crippen LogP contribution >= 0.6 is 0 Å². The number of hydrogen-bond acceptors (Lipinski definition) is 0. The van der Waals surface area contributed by atoms with Crippen molar-refractivity contribution in [3.63, 3.8) is 0 Å². The van der Waals surface area contributed by atoms with E-state index in [-0.39, 0.29) is 0 Å². The second-order valence-corrected chi connectivity index (χ2v) is 7.94. The van der Waals surface area contributed by atoms with Crippen molar-refractivity contribution in [1.29, 1.82) is 0 Å². The molecule has 0 saturated heterocycles. The third-order valence-corrected chi connectivity index (χ3v) is 6.19. The molecule has 0 bridgehead atoms. The molecule has 0 heterocycles. The van der Waals surface area contributed by atoms with Gasteiger partial charge < -0.3 is 0 Å². The van der Waals surface area contributed by atoms with Gasteiger partial charge in [-0.3, -0.25) is 0 Å². The van der Waals surface area contributed by atoms with E-state index >= 15 is 0 Å². The van der Waals surface area contributed by atoms with Crippen LogP contribution in [0, 0.1) is 23.7 Å². The van der Waals surface area contributed by atoms with Gasteiger partial charge in [0.05, 0.1) is 0 Å². The number of unbranched alkanes of at least 4 members (excludes halogenated alkanes) is 2. The highest BCUT2D eigenvalue weighted by molar-refractivity contribution is 4.95. The molecule has 2 rings (SSSR count). The lowest BCUT2D eigenvalue weighted by molar-refractivity contribution is 0.166. The fourth-order valence-electron chi connectivity index (χ4n) is 4.62. The van der Waals surface area contributed by atoms with E-state index in [0.29, 0.717) is 0 Å². The Hall–Kier alpha value is -1.04. The van der Waals surface area contributed by atoms with E-state index in [4.69, 9.17) is 0 Å². The van der Waals surface area contributed by atoms with E-state index in [1.807, 2.05) is 12.2 Å². The normalized spacial score (nSPS) is 31.5. The summed E-state index contributed by atoms with van der Waals surface area (Å²) in [6, 6.07) is 0. The maximum Gasteiger partial charge on any atom is -0.0233 e. The molecule has 0 atom stereocenters. The molecule has 134 valence electrons. The summed E-state index contributed by atoms with van der Waals surface area (Å²) < 4.78 is 0. The molecule has 0 aromatic rings. The van der Waals surface area contributed by atoms with E-state index in [9.17, 15) is 0 Å². The van der Waals surface area contributed by atoms with E-state index in [2.05, 4.69) is 37.5 Å². The molecule has 0 radical (unpaired) electrons. The molecule has 24 heavy (non-hydrogen) atoms. The van der Waals surface area contributed by atoms with Gasteiger partial charge in [-0.1, -0.05) is 36.5 Å². The van der Waals surface area contributed by atoms with E-state index in [0.717, 1.165) is 36.5 Å². The van der Waals surface area contributed by atoms with Crippen LogP contribution in [0.1, 0.15) is 77.0 Å². The molecule has 0 aliphatic heterocycles. The Labute approximate surface area is 150 Å². The zero-order valence-corrected chi connectivity index (χ0v) is 15.7. The van der Waals surface area contributed by atoms with Crippen LogP contribution in [0.5, 0.6) is 0 Å². The van der Waals surface area contributed by atoms with Gasteiger partial charge in [-0.2, -0.15) is 0 Å². The predicted molar refractivity (Wildman–Crippen MR) is 108 cm³/mol. The fourth-order valence-corrected chi connectivity index (χ4v) is 4.62. The summed E-state index contributed by atoms with van der Waals surface area (Å²) in [6.07, 6.45) is 30.0. The van der Waals surface area contributed by atoms with E-state index < -0.39 is 0 Å². The lowest BCUT2D eigenvalue weighted by Gasteiger charge is -2.37. The van der Waals surface area contributed by atoms with Crippen molar-refractivity contribution in [1.82, 2.24) is 0 Å². The fraction of sp³-hybridized carbons (Fsp3) is 0.667. The minimum Gasteiger partial charge on any atom is -0.103 e. The van der Waals surface area contributed by atoms with Gasteiger partial charge in [0.1, 0.15) is 0 Å². The molecule has 2 aliphatic carbocycles. The zero-order chi connectivity index (χ0) is 17.0. The molecule has 0 spiro atoms. The molecule has 0 amide bonds. The highest BCUT2D eigenvalue weighted by atomic mass is 14.3. The highest BCUT2D eigenvalue weighted by Crippen LogP contribution is 2.41. The molecule has 0 heteroatoms. The topological polar surface area (TPSA) is 0 Å². The van der Waals surface area contributed by atoms with Crippen molar-refractivity contribution >= 4 is 0 Å². The largest absolute Gasteiger partial charge is 0.103 e. The summed E-state index contributed by atoms with van der Waals surface area (Å²) in [5.74, 6) is 3.76. The van der Waals surface area contributed by atoms with Gasteiger partial charge in [-0.05, 0) is 101 Å². The van der Waals surface area contributed by atoms with Crippen LogP contribution in [0.15, 0.2) is 49.6 Å². The van der Waals surface area contributed by atoms with Crippen LogP contribution < -0.4 is 0 Å². The van der Waals surface area contributed by atoms with Gasteiger partial charge in [0.25, 0.3) is 0 Å². The van der Waals surface area contributed by atoms with Gasteiger partial charge >= 0.3 is 0 Å². The molecule has 0 aromatic carbocycles. The van der Waals surface area contributed by atoms with Crippen molar-refractivity contribution in [3.05, 3.63) is 49.6 Å². The van der Waals surface area contributed by atoms with Gasteiger partial charge in [-0.15, -0.1) is 13.2 Å². The smallest absolute Gasteiger partial charge is 0.0233 e. The van der Waals surface area contributed by atoms with Crippen LogP contribution in [0.3, 0.4) is 0 Å². The molecule has 2 saturated carbocycles. The summed E-state index contributed by atoms with van der Waals surface area (Å²) in [5.41, 5.74) is 0. The number of hydrogen-bond donors (Lipinski definition) is 0. The van der Waals surface area contributed by atoms with Crippen LogP contribution in [-0.2, 0) is 0 Å². The highest BCUT2D eigenvalue weighted by Gasteiger charge is 2.29. The Bertz CT molecular complexity index is 358. The minimum absolute atomic E-state index is 0.857. The second kappa shape index (κ2) is 11.5. The first-order chi connectivity index (χ1) is 11.8. The maximum absolute atomic E-state index is 3.79. The second-order valence-electron chi connectivity index (χ2n) is 7.94. The Kier molecular flexibility index (Phi) is 9.24. The van der Waals surface area contributed by atoms with E-state index in [1.165, 1.54) is 64.2 Å². The molecule has 2 fully saturated rings. The Balaban J connectivity index is 1.63. The Morgan fingerprint density at radius 1 is 0.542 bits per heavy atom. The first-order valence-corrected chi connectivity index (χ1v) is 10.4. The van der Waals surface area contributed by atoms with Gasteiger partial charge in [0.15, 0.2) is 0 Å². The average Bonchev–Trinajstić information content (AvgIpc) is 2.64. The summed E-state index contributed by atoms with van der Waals surface area (Å²) in [5, 5.41) is 0. The Morgan fingerprint density at radius 2 is 0.917 bits per heavy atom. The molecule has 0 N–H and O–H groups in total. The lowest BCUT2D eigenvalue weighted by atomic mass is 9.69. The van der Waals surface area contributed by atoms with Crippen molar-refractivity contribution in [2.24, 2.45) is 23.7 Å². The zero-order valence-electron chi connectivity index (χ0n) is 15.7. The Morgan fingerprint density at radius 3 is 1.25 bits per heavy atom. The SMILES string of the molecule is C=CCC/C=C/C1CCC(C2CCC(/C=C/CCC=C)CC2)CC1. The lowest BCUT2D eigenvalue weighted by Crippen LogP contribution is -2.25. The summed E-state index contributed by atoms with van der Waals surface area (Å²) in [6.45, 7) is 7.59. The number of allylic oxidation sites excluding steroid dienone is 6. The summed E-state index contributed by atoms with van der Waals surface area (Å²) in [7, 11) is 0. The third-order valence-electron chi connectivity index (χ3n) is 6.19. The molecule has 0 unspecified atom stereocenters. The maximum atomic E-state index is 3.79. The van der Waals surface area contributed by atoms with Crippen molar-refractivity contribution in [2.75, 3.05) is 0 Å². The standard InChI is InChI=1S/C24H38/c1-3-5-7-9-11-21-13-17-23(18-14-21)24-19-15-22(16-20-24)12-10-8-6-4-2/h3-4,9-12,21-24H,1-2,5-8,13-20H2/b11-9+,12-10+. The van der Waals surface area contributed by atoms with Crippen molar-refractivity contribution in [3.8, 4) is 0 Å². The predicted octanol–water partition coefficient (Wildman–Crippen LogP) is 7.64. The van der Waals surface area contributed by atoms with Crippen LogP contribution in [0.4, 0.5) is 0 Å². The molecular weight excluding hydrogens is 288 g/mol. The van der Waals surface area contributed by atoms with Crippen molar-refractivity contribution in [2.45, 2.75) is 77.0 Å². The van der Waals surface area contributed by atoms with Gasteiger partial charge in [0.2, 0.25) is 0 Å². The summed E-state index contributed by atoms with van der Waals surface area (Å²) in [4.78, 5) is 0. The number of rotatable bonds is 9. The van der Waals surface area contributed by atoms with Crippen LogP contribution in [0.25, 0.3) is 0 Å². The van der Waals surface area contributed by atoms with Gasteiger partial charge in [0, 0.05) is 0 Å². The first kappa shape index (κ1) is 19.3. The molecule has 0 aromatic heterocycles. The molecular formula is C24H38. The van der Waals surface area contributed by atoms with Crippen LogP contribution in [-0.4, -0.2) is 0 Å². The molecule has 0 nitrogen and oxygen atoms in total. The quantitative estimate of drug-likeness (QED) is 0.301. The summed E-state index contributed by atoms with van der Waals surface area (Å²) >= 11 is 0. The van der Waals surface area contributed by atoms with Gasteiger partial charge in [-0.25, -0.2) is 0 Å². The van der Waals surface area contributed by atoms with Crippen LogP contribution in [0.2, 0.25) is 0 Å². The minimum atomic E-state index is 0.857. The molecule has 2 aliphatic rings. The first-order valence-electron chi connectivity index (χ1n) is 10.4. The average molecular weight is 327 g/mol. The monoisotopic (exact) mass is 326 g/mol. The van der Waals surface area contributed by atoms with E-state index in [1.54, 1.807) is 0 Å².